The van der Waals surface area contributed by atoms with Gasteiger partial charge < -0.3 is 29.9 Å². The first-order valence-corrected chi connectivity index (χ1v) is 3.56. The molecule has 0 aliphatic carbocycles. The van der Waals surface area contributed by atoms with Gasteiger partial charge in [0.2, 0.25) is 0 Å². The zero-order valence-corrected chi connectivity index (χ0v) is 6.33. The molecule has 0 aromatic rings. The molecule has 0 radical (unpaired) electrons. The Balaban J connectivity index is 2.30. The number of aliphatic hydroxyl groups excluding tert-OH is 2. The fraction of sp³-hybridized carbons (Fsp3) is 1.00. The third-order valence-corrected chi connectivity index (χ3v) is 1.61. The van der Waals surface area contributed by atoms with Crippen molar-refractivity contribution in [3.63, 3.8) is 0 Å². The van der Waals surface area contributed by atoms with Gasteiger partial charge in [-0.3, -0.25) is 0 Å². The summed E-state index contributed by atoms with van der Waals surface area (Å²) in [6, 6.07) is 0. The highest BCUT2D eigenvalue weighted by Gasteiger charge is 2.29. The van der Waals surface area contributed by atoms with Crippen LogP contribution in [0.5, 0.6) is 0 Å². The van der Waals surface area contributed by atoms with E-state index in [0.717, 1.165) is 0 Å². The van der Waals surface area contributed by atoms with E-state index < -0.39 is 24.8 Å². The van der Waals surface area contributed by atoms with Crippen LogP contribution >= 0.6 is 0 Å². The van der Waals surface area contributed by atoms with E-state index in [1.54, 1.807) is 0 Å². The lowest BCUT2D eigenvalue weighted by molar-refractivity contribution is -0.253. The van der Waals surface area contributed by atoms with Gasteiger partial charge in [0.1, 0.15) is 12.2 Å². The van der Waals surface area contributed by atoms with Crippen LogP contribution in [-0.2, 0) is 9.47 Å². The van der Waals surface area contributed by atoms with Crippen molar-refractivity contribution in [3.05, 3.63) is 0 Å². The molecule has 12 heavy (non-hydrogen) atoms. The van der Waals surface area contributed by atoms with Gasteiger partial charge in [0, 0.05) is 0 Å². The molecule has 0 bridgehead atoms. The summed E-state index contributed by atoms with van der Waals surface area (Å²) in [5, 5.41) is 34.5. The summed E-state index contributed by atoms with van der Waals surface area (Å²) < 4.78 is 9.74. The average Bonchev–Trinajstić information content (AvgIpc) is 2.04. The Labute approximate surface area is 69.0 Å². The lowest BCUT2D eigenvalue weighted by atomic mass is 10.3. The summed E-state index contributed by atoms with van der Waals surface area (Å²) in [5.41, 5.74) is 0. The molecular formula is C6H12O6. The third kappa shape index (κ3) is 2.37. The van der Waals surface area contributed by atoms with Gasteiger partial charge in [-0.2, -0.15) is 0 Å². The number of rotatable bonds is 2. The predicted octanol–water partition coefficient (Wildman–Crippen LogP) is -2.61. The quantitative estimate of drug-likeness (QED) is 0.347. The fourth-order valence-electron chi connectivity index (χ4n) is 0.877. The Kier molecular flexibility index (Phi) is 3.39. The lowest BCUT2D eigenvalue weighted by Gasteiger charge is -2.30. The maximum Gasteiger partial charge on any atom is 0.180 e. The third-order valence-electron chi connectivity index (χ3n) is 1.61. The summed E-state index contributed by atoms with van der Waals surface area (Å²) in [4.78, 5) is 0. The summed E-state index contributed by atoms with van der Waals surface area (Å²) in [7, 11) is 0. The Morgan fingerprint density at radius 1 is 0.833 bits per heavy atom. The van der Waals surface area contributed by atoms with Crippen LogP contribution in [0.3, 0.4) is 0 Å². The second-order valence-electron chi connectivity index (χ2n) is 2.57. The Bertz CT molecular complexity index is 112. The van der Waals surface area contributed by atoms with Gasteiger partial charge in [0.15, 0.2) is 12.6 Å². The van der Waals surface area contributed by atoms with Gasteiger partial charge in [-0.25, -0.2) is 0 Å². The van der Waals surface area contributed by atoms with E-state index in [9.17, 15) is 0 Å². The van der Waals surface area contributed by atoms with Gasteiger partial charge in [-0.15, -0.1) is 0 Å². The minimum atomic E-state index is -1.60. The largest absolute Gasteiger partial charge is 0.368 e. The molecule has 0 spiro atoms. The topological polar surface area (TPSA) is 99.4 Å². The Hall–Kier alpha value is -0.240. The Morgan fingerprint density at radius 2 is 1.17 bits per heavy atom. The highest BCUT2D eigenvalue weighted by molar-refractivity contribution is 4.69. The minimum Gasteiger partial charge on any atom is -0.368 e. The van der Waals surface area contributed by atoms with E-state index in [2.05, 4.69) is 0 Å². The first-order chi connectivity index (χ1) is 5.61. The molecule has 6 nitrogen and oxygen atoms in total. The van der Waals surface area contributed by atoms with Gasteiger partial charge >= 0.3 is 0 Å². The lowest BCUT2D eigenvalue weighted by Crippen LogP contribution is -2.46. The summed E-state index contributed by atoms with van der Waals surface area (Å²) in [6.45, 7) is -0.111. The summed E-state index contributed by atoms with van der Waals surface area (Å²) >= 11 is 0. The highest BCUT2D eigenvalue weighted by atomic mass is 16.6. The predicted molar refractivity (Wildman–Crippen MR) is 35.9 cm³/mol. The van der Waals surface area contributed by atoms with E-state index >= 15 is 0 Å². The molecule has 1 heterocycles. The smallest absolute Gasteiger partial charge is 0.180 e. The van der Waals surface area contributed by atoms with E-state index in [0.29, 0.717) is 0 Å². The van der Waals surface area contributed by atoms with Crippen LogP contribution in [0.2, 0.25) is 0 Å². The molecule has 0 amide bonds. The van der Waals surface area contributed by atoms with Gasteiger partial charge in [0.25, 0.3) is 0 Å². The summed E-state index contributed by atoms with van der Waals surface area (Å²) in [6.07, 6.45) is -4.80. The van der Waals surface area contributed by atoms with Crippen molar-refractivity contribution in [2.75, 3.05) is 13.2 Å². The molecule has 6 heteroatoms. The molecule has 1 saturated heterocycles. The maximum atomic E-state index is 8.63. The van der Waals surface area contributed by atoms with Crippen LogP contribution in [0, 0.1) is 0 Å². The van der Waals surface area contributed by atoms with Crippen molar-refractivity contribution in [3.8, 4) is 0 Å². The van der Waals surface area contributed by atoms with Crippen molar-refractivity contribution in [1.82, 2.24) is 0 Å². The van der Waals surface area contributed by atoms with E-state index in [4.69, 9.17) is 29.9 Å². The van der Waals surface area contributed by atoms with Gasteiger partial charge in [-0.1, -0.05) is 0 Å². The van der Waals surface area contributed by atoms with Gasteiger partial charge in [0.05, 0.1) is 13.2 Å². The van der Waals surface area contributed by atoms with Gasteiger partial charge in [-0.05, 0) is 0 Å². The minimum absolute atomic E-state index is 0.0556. The number of aliphatic hydroxyl groups is 4. The molecule has 1 fully saturated rings. The number of hydrogen-bond acceptors (Lipinski definition) is 6. The van der Waals surface area contributed by atoms with Crippen LogP contribution in [0.4, 0.5) is 0 Å². The first kappa shape index (κ1) is 9.85. The van der Waals surface area contributed by atoms with Crippen LogP contribution in [-0.4, -0.2) is 58.4 Å². The van der Waals surface area contributed by atoms with Crippen molar-refractivity contribution in [2.24, 2.45) is 0 Å². The average molecular weight is 180 g/mol. The monoisotopic (exact) mass is 180 g/mol. The molecular weight excluding hydrogens is 168 g/mol. The second-order valence-corrected chi connectivity index (χ2v) is 2.57. The van der Waals surface area contributed by atoms with E-state index in [1.807, 2.05) is 0 Å². The van der Waals surface area contributed by atoms with Crippen molar-refractivity contribution >= 4 is 0 Å². The molecule has 0 saturated carbocycles. The molecule has 0 aromatic heterocycles. The molecule has 4 N–H and O–H groups in total. The standard InChI is InChI=1S/C6H12O6/c7-5(8)3-1-11-4(2-12-3)6(9)10/h3-10H,1-2H2/t3-,4+. The Morgan fingerprint density at radius 3 is 1.33 bits per heavy atom. The zero-order valence-electron chi connectivity index (χ0n) is 6.33. The SMILES string of the molecule is OC(O)[C@@H]1CO[C@@H](C(O)O)CO1. The maximum absolute atomic E-state index is 8.63. The van der Waals surface area contributed by atoms with Crippen molar-refractivity contribution in [1.29, 1.82) is 0 Å². The van der Waals surface area contributed by atoms with E-state index in [-0.39, 0.29) is 13.2 Å². The molecule has 2 atom stereocenters. The highest BCUT2D eigenvalue weighted by Crippen LogP contribution is 2.11. The van der Waals surface area contributed by atoms with Crippen LogP contribution in [0.25, 0.3) is 0 Å². The van der Waals surface area contributed by atoms with Crippen LogP contribution < -0.4 is 0 Å². The summed E-state index contributed by atoms with van der Waals surface area (Å²) in [5.74, 6) is 0. The zero-order chi connectivity index (χ0) is 9.14. The number of ether oxygens (including phenoxy) is 2. The molecule has 0 aromatic carbocycles. The molecule has 1 rings (SSSR count). The van der Waals surface area contributed by atoms with Crippen molar-refractivity contribution < 1.29 is 29.9 Å². The molecule has 1 aliphatic heterocycles. The first-order valence-electron chi connectivity index (χ1n) is 3.56. The second kappa shape index (κ2) is 4.13. The number of hydrogen-bond donors (Lipinski definition) is 4. The van der Waals surface area contributed by atoms with Crippen LogP contribution in [0.15, 0.2) is 0 Å². The van der Waals surface area contributed by atoms with E-state index in [1.165, 1.54) is 0 Å². The molecule has 0 unspecified atom stereocenters. The normalized spacial score (nSPS) is 31.5. The fourth-order valence-corrected chi connectivity index (χ4v) is 0.877. The van der Waals surface area contributed by atoms with Crippen molar-refractivity contribution in [2.45, 2.75) is 24.8 Å². The molecule has 1 aliphatic rings. The molecule has 72 valence electrons. The van der Waals surface area contributed by atoms with Crippen LogP contribution in [0.1, 0.15) is 0 Å².